The number of hydrogen-bond acceptors (Lipinski definition) is 6. The normalized spacial score (nSPS) is 16.3. The summed E-state index contributed by atoms with van der Waals surface area (Å²) in [6.45, 7) is 5.23. The van der Waals surface area contributed by atoms with E-state index in [1.807, 2.05) is 24.3 Å². The molecule has 1 atom stereocenters. The molecule has 1 unspecified atom stereocenters. The summed E-state index contributed by atoms with van der Waals surface area (Å²) in [7, 11) is 0. The summed E-state index contributed by atoms with van der Waals surface area (Å²) in [6, 6.07) is 7.36. The lowest BCUT2D eigenvalue weighted by Gasteiger charge is -2.15. The number of nitrogens with zero attached hydrogens (tertiary/aromatic N) is 4. The van der Waals surface area contributed by atoms with Gasteiger partial charge in [0.05, 0.1) is 0 Å². The molecule has 0 aliphatic carbocycles. The standard InChI is InChI=1S/C21H21ClN6O2/c1-2-18(29)28-9-8-15(12-28)25-20-19-21(24-13-23-20)27-17(26-19)7-4-10-30-16-6-3-5-14(22)11-16/h2-7,11,13,15H,1,8-10,12H2,(H2,23,24,25,26,27)/b7-4+. The molecule has 0 saturated carbocycles. The van der Waals surface area contributed by atoms with Crippen molar-refractivity contribution in [1.29, 1.82) is 0 Å². The molecule has 3 heterocycles. The zero-order chi connectivity index (χ0) is 20.9. The van der Waals surface area contributed by atoms with Gasteiger partial charge in [0, 0.05) is 24.2 Å². The monoisotopic (exact) mass is 424 g/mol. The molecule has 1 aromatic carbocycles. The van der Waals surface area contributed by atoms with Gasteiger partial charge in [0.15, 0.2) is 11.5 Å². The Kier molecular flexibility index (Phi) is 5.94. The van der Waals surface area contributed by atoms with Crippen molar-refractivity contribution in [2.45, 2.75) is 12.5 Å². The fraction of sp³-hybridized carbons (Fsp3) is 0.238. The summed E-state index contributed by atoms with van der Waals surface area (Å²) in [6.07, 6.45) is 7.34. The summed E-state index contributed by atoms with van der Waals surface area (Å²) in [5.74, 6) is 1.97. The highest BCUT2D eigenvalue weighted by Crippen LogP contribution is 2.21. The first-order chi connectivity index (χ1) is 14.6. The maximum absolute atomic E-state index is 11.8. The van der Waals surface area contributed by atoms with E-state index in [9.17, 15) is 4.79 Å². The summed E-state index contributed by atoms with van der Waals surface area (Å²) in [5, 5.41) is 4.02. The van der Waals surface area contributed by atoms with Crippen LogP contribution in [0, 0.1) is 0 Å². The molecule has 0 bridgehead atoms. The fourth-order valence-corrected chi connectivity index (χ4v) is 3.48. The van der Waals surface area contributed by atoms with Gasteiger partial charge in [-0.25, -0.2) is 15.0 Å². The van der Waals surface area contributed by atoms with Crippen LogP contribution >= 0.6 is 11.6 Å². The third-order valence-corrected chi connectivity index (χ3v) is 4.98. The maximum Gasteiger partial charge on any atom is 0.246 e. The van der Waals surface area contributed by atoms with E-state index < -0.39 is 0 Å². The number of aromatic nitrogens is 4. The van der Waals surface area contributed by atoms with Crippen molar-refractivity contribution in [1.82, 2.24) is 24.8 Å². The summed E-state index contributed by atoms with van der Waals surface area (Å²) in [4.78, 5) is 29.8. The molecule has 30 heavy (non-hydrogen) atoms. The molecular formula is C21H21ClN6O2. The van der Waals surface area contributed by atoms with E-state index in [0.29, 0.717) is 47.8 Å². The van der Waals surface area contributed by atoms with Crippen LogP contribution in [0.25, 0.3) is 17.2 Å². The quantitative estimate of drug-likeness (QED) is 0.565. The number of likely N-dealkylation sites (tertiary alicyclic amines) is 1. The number of benzene rings is 1. The van der Waals surface area contributed by atoms with Crippen molar-refractivity contribution in [3.8, 4) is 5.75 Å². The number of anilines is 1. The predicted octanol–water partition coefficient (Wildman–Crippen LogP) is 3.30. The molecule has 0 spiro atoms. The fourth-order valence-electron chi connectivity index (χ4n) is 3.30. The number of carbonyl (C=O) groups is 1. The van der Waals surface area contributed by atoms with Crippen molar-refractivity contribution in [3.05, 3.63) is 60.2 Å². The van der Waals surface area contributed by atoms with Gasteiger partial charge >= 0.3 is 0 Å². The van der Waals surface area contributed by atoms with Crippen molar-refractivity contribution < 1.29 is 9.53 Å². The number of nitrogens with one attached hydrogen (secondary N) is 2. The first-order valence-corrected chi connectivity index (χ1v) is 9.93. The molecule has 1 amide bonds. The van der Waals surface area contributed by atoms with Crippen molar-refractivity contribution in [3.63, 3.8) is 0 Å². The van der Waals surface area contributed by atoms with E-state index in [0.717, 1.165) is 11.9 Å². The van der Waals surface area contributed by atoms with Crippen LogP contribution in [0.1, 0.15) is 12.2 Å². The molecule has 1 fully saturated rings. The third kappa shape index (κ3) is 4.60. The van der Waals surface area contributed by atoms with Crippen LogP contribution < -0.4 is 10.1 Å². The minimum absolute atomic E-state index is 0.0545. The number of imidazole rings is 1. The number of hydrogen-bond donors (Lipinski definition) is 2. The second-order valence-corrected chi connectivity index (χ2v) is 7.27. The molecule has 154 valence electrons. The zero-order valence-electron chi connectivity index (χ0n) is 16.2. The number of ether oxygens (including phenoxy) is 1. The molecule has 1 saturated heterocycles. The average Bonchev–Trinajstić information content (AvgIpc) is 3.38. The Hall–Kier alpha value is -3.39. The van der Waals surface area contributed by atoms with Gasteiger partial charge in [0.25, 0.3) is 0 Å². The predicted molar refractivity (Wildman–Crippen MR) is 116 cm³/mol. The zero-order valence-corrected chi connectivity index (χ0v) is 17.0. The molecule has 3 aromatic rings. The molecule has 4 rings (SSSR count). The molecule has 8 nitrogen and oxygen atoms in total. The van der Waals surface area contributed by atoms with Crippen molar-refractivity contribution >= 4 is 40.6 Å². The molecule has 9 heteroatoms. The summed E-state index contributed by atoms with van der Waals surface area (Å²) < 4.78 is 5.64. The third-order valence-electron chi connectivity index (χ3n) is 4.74. The summed E-state index contributed by atoms with van der Waals surface area (Å²) >= 11 is 5.95. The van der Waals surface area contributed by atoms with Crippen LogP contribution in [0.4, 0.5) is 5.82 Å². The van der Waals surface area contributed by atoms with Gasteiger partial charge < -0.3 is 19.9 Å². The van der Waals surface area contributed by atoms with E-state index in [1.165, 1.54) is 12.4 Å². The number of H-pyrrole nitrogens is 1. The number of amides is 1. The highest BCUT2D eigenvalue weighted by atomic mass is 35.5. The SMILES string of the molecule is C=CC(=O)N1CCC(Nc2ncnc3nc(/C=C/COc4cccc(Cl)c4)[nH]c23)C1. The molecule has 2 aromatic heterocycles. The van der Waals surface area contributed by atoms with E-state index in [-0.39, 0.29) is 11.9 Å². The van der Waals surface area contributed by atoms with Crippen molar-refractivity contribution in [2.75, 3.05) is 25.0 Å². The van der Waals surface area contributed by atoms with Gasteiger partial charge in [-0.3, -0.25) is 4.79 Å². The van der Waals surface area contributed by atoms with Crippen LogP contribution in [-0.2, 0) is 4.79 Å². The minimum Gasteiger partial charge on any atom is -0.489 e. The van der Waals surface area contributed by atoms with Crippen LogP contribution in [0.5, 0.6) is 5.75 Å². The summed E-state index contributed by atoms with van der Waals surface area (Å²) in [5.41, 5.74) is 1.29. The Bertz CT molecular complexity index is 1100. The lowest BCUT2D eigenvalue weighted by molar-refractivity contribution is -0.125. The molecular weight excluding hydrogens is 404 g/mol. The molecule has 1 aliphatic heterocycles. The smallest absolute Gasteiger partial charge is 0.246 e. The van der Waals surface area contributed by atoms with E-state index in [1.54, 1.807) is 17.0 Å². The average molecular weight is 425 g/mol. The van der Waals surface area contributed by atoms with Gasteiger partial charge in [-0.05, 0) is 42.8 Å². The van der Waals surface area contributed by atoms with Crippen LogP contribution in [0.2, 0.25) is 5.02 Å². The van der Waals surface area contributed by atoms with Crippen LogP contribution in [-0.4, -0.2) is 56.5 Å². The number of fused-ring (bicyclic) bond motifs is 1. The van der Waals surface area contributed by atoms with Gasteiger partial charge in [-0.15, -0.1) is 0 Å². The number of rotatable bonds is 7. The van der Waals surface area contributed by atoms with Crippen LogP contribution in [0.3, 0.4) is 0 Å². The Labute approximate surface area is 178 Å². The van der Waals surface area contributed by atoms with Gasteiger partial charge in [0.2, 0.25) is 5.91 Å². The van der Waals surface area contributed by atoms with Gasteiger partial charge in [0.1, 0.15) is 30.0 Å². The minimum atomic E-state index is -0.0545. The Balaban J connectivity index is 1.40. The number of halogens is 1. The highest BCUT2D eigenvalue weighted by Gasteiger charge is 2.25. The molecule has 1 aliphatic rings. The Morgan fingerprint density at radius 1 is 1.43 bits per heavy atom. The van der Waals surface area contributed by atoms with Crippen molar-refractivity contribution in [2.24, 2.45) is 0 Å². The lowest BCUT2D eigenvalue weighted by atomic mass is 10.2. The Morgan fingerprint density at radius 2 is 2.33 bits per heavy atom. The first-order valence-electron chi connectivity index (χ1n) is 9.56. The number of aromatic amines is 1. The topological polar surface area (TPSA) is 96.0 Å². The molecule has 2 N–H and O–H groups in total. The number of carbonyl (C=O) groups excluding carboxylic acids is 1. The van der Waals surface area contributed by atoms with Gasteiger partial charge in [-0.1, -0.05) is 24.2 Å². The maximum atomic E-state index is 11.8. The largest absolute Gasteiger partial charge is 0.489 e. The van der Waals surface area contributed by atoms with Gasteiger partial charge in [-0.2, -0.15) is 0 Å². The lowest BCUT2D eigenvalue weighted by Crippen LogP contribution is -2.30. The molecule has 0 radical (unpaired) electrons. The first kappa shape index (κ1) is 19.9. The van der Waals surface area contributed by atoms with E-state index >= 15 is 0 Å². The second-order valence-electron chi connectivity index (χ2n) is 6.83. The highest BCUT2D eigenvalue weighted by molar-refractivity contribution is 6.30. The van der Waals surface area contributed by atoms with Crippen LogP contribution in [0.15, 0.2) is 49.3 Å². The second kappa shape index (κ2) is 8.96. The van der Waals surface area contributed by atoms with E-state index in [4.69, 9.17) is 16.3 Å². The Morgan fingerprint density at radius 3 is 3.17 bits per heavy atom. The van der Waals surface area contributed by atoms with E-state index in [2.05, 4.69) is 31.8 Å².